The number of aryl methyl sites for hydroxylation is 2. The van der Waals surface area contributed by atoms with Gasteiger partial charge in [-0.3, -0.25) is 0 Å². The summed E-state index contributed by atoms with van der Waals surface area (Å²) in [5.74, 6) is 0. The summed E-state index contributed by atoms with van der Waals surface area (Å²) in [6.07, 6.45) is 0. The minimum absolute atomic E-state index is 0.195. The van der Waals surface area contributed by atoms with Crippen molar-refractivity contribution >= 4 is 0 Å². The highest BCUT2D eigenvalue weighted by Gasteiger charge is 2.11. The summed E-state index contributed by atoms with van der Waals surface area (Å²) in [5, 5.41) is 1.94. The summed E-state index contributed by atoms with van der Waals surface area (Å²) in [5.41, 5.74) is 12.9. The number of nitrogens with one attached hydrogen (secondary N) is 1. The molecule has 0 bridgehead atoms. The molecule has 1 rings (SSSR count). The SMILES string of the molecule is Cc1ccc(C(CN)NN(C)C)c(C)c1. The fourth-order valence-electron chi connectivity index (χ4n) is 1.78. The lowest BCUT2D eigenvalue weighted by Gasteiger charge is -2.23. The molecule has 0 saturated carbocycles. The van der Waals surface area contributed by atoms with Crippen LogP contribution >= 0.6 is 0 Å². The van der Waals surface area contributed by atoms with Crippen LogP contribution in [0.5, 0.6) is 0 Å². The van der Waals surface area contributed by atoms with Crippen molar-refractivity contribution in [1.82, 2.24) is 10.4 Å². The number of hydrogen-bond acceptors (Lipinski definition) is 3. The summed E-state index contributed by atoms with van der Waals surface area (Å²) >= 11 is 0. The molecule has 3 heteroatoms. The number of hydrazine groups is 1. The standard InChI is InChI=1S/C12H21N3/c1-9-5-6-11(10(2)7-9)12(8-13)14-15(3)4/h5-7,12,14H,8,13H2,1-4H3. The van der Waals surface area contributed by atoms with Crippen molar-refractivity contribution in [3.8, 4) is 0 Å². The molecule has 1 atom stereocenters. The fraction of sp³-hybridized carbons (Fsp3) is 0.500. The van der Waals surface area contributed by atoms with Gasteiger partial charge in [0.25, 0.3) is 0 Å². The van der Waals surface area contributed by atoms with E-state index in [2.05, 4.69) is 37.5 Å². The number of nitrogens with two attached hydrogens (primary N) is 1. The van der Waals surface area contributed by atoms with E-state index in [-0.39, 0.29) is 6.04 Å². The minimum Gasteiger partial charge on any atom is -0.329 e. The molecule has 0 aliphatic carbocycles. The first kappa shape index (κ1) is 12.2. The third-order valence-electron chi connectivity index (χ3n) is 2.45. The Morgan fingerprint density at radius 3 is 2.47 bits per heavy atom. The van der Waals surface area contributed by atoms with E-state index >= 15 is 0 Å². The van der Waals surface area contributed by atoms with E-state index in [9.17, 15) is 0 Å². The van der Waals surface area contributed by atoms with Gasteiger partial charge < -0.3 is 5.73 Å². The zero-order valence-electron chi connectivity index (χ0n) is 10.0. The van der Waals surface area contributed by atoms with Crippen LogP contribution in [-0.2, 0) is 0 Å². The van der Waals surface area contributed by atoms with Crippen LogP contribution in [0, 0.1) is 13.8 Å². The molecule has 0 aliphatic rings. The maximum Gasteiger partial charge on any atom is 0.0589 e. The second-order valence-corrected chi connectivity index (χ2v) is 4.17. The summed E-state index contributed by atoms with van der Waals surface area (Å²) in [6.45, 7) is 4.83. The van der Waals surface area contributed by atoms with Gasteiger partial charge in [-0.2, -0.15) is 0 Å². The average Bonchev–Trinajstić information content (AvgIpc) is 2.14. The Morgan fingerprint density at radius 2 is 2.00 bits per heavy atom. The zero-order valence-corrected chi connectivity index (χ0v) is 10.0. The number of hydrogen-bond donors (Lipinski definition) is 2. The van der Waals surface area contributed by atoms with E-state index in [1.54, 1.807) is 0 Å². The molecule has 0 fully saturated rings. The van der Waals surface area contributed by atoms with Crippen molar-refractivity contribution < 1.29 is 0 Å². The second-order valence-electron chi connectivity index (χ2n) is 4.17. The van der Waals surface area contributed by atoms with Crippen LogP contribution in [0.4, 0.5) is 0 Å². The number of benzene rings is 1. The summed E-state index contributed by atoms with van der Waals surface area (Å²) in [7, 11) is 3.96. The summed E-state index contributed by atoms with van der Waals surface area (Å²) < 4.78 is 0. The first-order valence-electron chi connectivity index (χ1n) is 5.25. The molecule has 1 aromatic carbocycles. The van der Waals surface area contributed by atoms with Crippen LogP contribution < -0.4 is 11.2 Å². The lowest BCUT2D eigenvalue weighted by molar-refractivity contribution is 0.245. The van der Waals surface area contributed by atoms with Crippen LogP contribution in [-0.4, -0.2) is 25.6 Å². The van der Waals surface area contributed by atoms with Gasteiger partial charge in [0.15, 0.2) is 0 Å². The van der Waals surface area contributed by atoms with Gasteiger partial charge in [-0.25, -0.2) is 10.4 Å². The smallest absolute Gasteiger partial charge is 0.0589 e. The van der Waals surface area contributed by atoms with Crippen molar-refractivity contribution in [2.75, 3.05) is 20.6 Å². The number of nitrogens with zero attached hydrogens (tertiary/aromatic N) is 1. The summed E-state index contributed by atoms with van der Waals surface area (Å²) in [6, 6.07) is 6.66. The molecule has 3 nitrogen and oxygen atoms in total. The molecular weight excluding hydrogens is 186 g/mol. The maximum absolute atomic E-state index is 5.77. The zero-order chi connectivity index (χ0) is 11.4. The monoisotopic (exact) mass is 207 g/mol. The first-order chi connectivity index (χ1) is 7.04. The van der Waals surface area contributed by atoms with E-state index in [1.165, 1.54) is 16.7 Å². The third kappa shape index (κ3) is 3.30. The molecule has 0 aromatic heterocycles. The fourth-order valence-corrected chi connectivity index (χ4v) is 1.78. The van der Waals surface area contributed by atoms with Gasteiger partial charge in [-0.1, -0.05) is 23.8 Å². The molecule has 0 amide bonds. The van der Waals surface area contributed by atoms with Gasteiger partial charge in [0, 0.05) is 20.6 Å². The number of rotatable bonds is 4. The van der Waals surface area contributed by atoms with Crippen molar-refractivity contribution in [2.24, 2.45) is 5.73 Å². The molecule has 1 unspecified atom stereocenters. The van der Waals surface area contributed by atoms with Crippen molar-refractivity contribution in [3.63, 3.8) is 0 Å². The largest absolute Gasteiger partial charge is 0.329 e. The Kier molecular flexibility index (Phi) is 4.27. The first-order valence-corrected chi connectivity index (χ1v) is 5.25. The second kappa shape index (κ2) is 5.26. The molecular formula is C12H21N3. The van der Waals surface area contributed by atoms with Gasteiger partial charge in [-0.05, 0) is 25.0 Å². The molecule has 0 heterocycles. The van der Waals surface area contributed by atoms with Gasteiger partial charge in [0.2, 0.25) is 0 Å². The van der Waals surface area contributed by atoms with Crippen LogP contribution in [0.15, 0.2) is 18.2 Å². The van der Waals surface area contributed by atoms with Gasteiger partial charge in [-0.15, -0.1) is 0 Å². The molecule has 0 spiro atoms. The van der Waals surface area contributed by atoms with Crippen molar-refractivity contribution in [1.29, 1.82) is 0 Å². The average molecular weight is 207 g/mol. The topological polar surface area (TPSA) is 41.3 Å². The highest BCUT2D eigenvalue weighted by Crippen LogP contribution is 2.18. The Hall–Kier alpha value is -0.900. The Labute approximate surface area is 92.2 Å². The normalized spacial score (nSPS) is 13.2. The lowest BCUT2D eigenvalue weighted by Crippen LogP contribution is -2.38. The Bertz CT molecular complexity index is 321. The predicted octanol–water partition coefficient (Wildman–Crippen LogP) is 1.37. The quantitative estimate of drug-likeness (QED) is 0.733. The van der Waals surface area contributed by atoms with E-state index in [0.29, 0.717) is 6.54 Å². The Balaban J connectivity index is 2.91. The van der Waals surface area contributed by atoms with Crippen molar-refractivity contribution in [3.05, 3.63) is 34.9 Å². The molecule has 15 heavy (non-hydrogen) atoms. The van der Waals surface area contributed by atoms with Crippen molar-refractivity contribution in [2.45, 2.75) is 19.9 Å². The lowest BCUT2D eigenvalue weighted by atomic mass is 10.00. The highest BCUT2D eigenvalue weighted by molar-refractivity contribution is 5.32. The van der Waals surface area contributed by atoms with Gasteiger partial charge >= 0.3 is 0 Å². The van der Waals surface area contributed by atoms with E-state index in [4.69, 9.17) is 5.73 Å². The van der Waals surface area contributed by atoms with E-state index < -0.39 is 0 Å². The van der Waals surface area contributed by atoms with Crippen LogP contribution in [0.2, 0.25) is 0 Å². The molecule has 1 aromatic rings. The third-order valence-corrected chi connectivity index (χ3v) is 2.45. The van der Waals surface area contributed by atoms with Gasteiger partial charge in [0.1, 0.15) is 0 Å². The molecule has 0 saturated heterocycles. The maximum atomic E-state index is 5.77. The highest BCUT2D eigenvalue weighted by atomic mass is 15.5. The predicted molar refractivity (Wildman–Crippen MR) is 64.5 cm³/mol. The minimum atomic E-state index is 0.195. The van der Waals surface area contributed by atoms with Gasteiger partial charge in [0.05, 0.1) is 6.04 Å². The molecule has 3 N–H and O–H groups in total. The Morgan fingerprint density at radius 1 is 1.33 bits per heavy atom. The molecule has 0 aliphatic heterocycles. The molecule has 84 valence electrons. The summed E-state index contributed by atoms with van der Waals surface area (Å²) in [4.78, 5) is 0. The van der Waals surface area contributed by atoms with Crippen LogP contribution in [0.3, 0.4) is 0 Å². The van der Waals surface area contributed by atoms with E-state index in [1.807, 2.05) is 19.1 Å². The van der Waals surface area contributed by atoms with Crippen LogP contribution in [0.25, 0.3) is 0 Å². The van der Waals surface area contributed by atoms with Crippen LogP contribution in [0.1, 0.15) is 22.7 Å². The van der Waals surface area contributed by atoms with E-state index in [0.717, 1.165) is 0 Å². The molecule has 0 radical (unpaired) electrons.